The summed E-state index contributed by atoms with van der Waals surface area (Å²) < 4.78 is 5.90. The van der Waals surface area contributed by atoms with Crippen molar-refractivity contribution in [3.05, 3.63) is 0 Å². The Bertz CT molecular complexity index is 576. The van der Waals surface area contributed by atoms with Gasteiger partial charge in [0.25, 0.3) is 0 Å². The molecule has 2 heterocycles. The number of aliphatic hydroxyl groups excluding tert-OH is 3. The molecule has 0 spiro atoms. The lowest BCUT2D eigenvalue weighted by atomic mass is 9.92. The van der Waals surface area contributed by atoms with Gasteiger partial charge in [-0.05, 0) is 45.9 Å². The van der Waals surface area contributed by atoms with Gasteiger partial charge in [-0.1, -0.05) is 13.3 Å². The number of amides is 1. The Morgan fingerprint density at radius 3 is 2.55 bits per heavy atom. The van der Waals surface area contributed by atoms with Gasteiger partial charge in [-0.25, -0.2) is 0 Å². The van der Waals surface area contributed by atoms with E-state index in [1.807, 2.05) is 14.0 Å². The van der Waals surface area contributed by atoms with Crippen LogP contribution in [0.4, 0.5) is 0 Å². The van der Waals surface area contributed by atoms with Crippen molar-refractivity contribution in [3.8, 4) is 0 Å². The zero-order chi connectivity index (χ0) is 21.7. The Morgan fingerprint density at radius 2 is 1.97 bits per heavy atom. The molecule has 0 aliphatic carbocycles. The van der Waals surface area contributed by atoms with Crippen LogP contribution in [0.25, 0.3) is 0 Å². The Morgan fingerprint density at radius 1 is 1.28 bits per heavy atom. The molecule has 2 aliphatic heterocycles. The van der Waals surface area contributed by atoms with Crippen molar-refractivity contribution >= 4 is 23.4 Å². The number of likely N-dealkylation sites (tertiary alicyclic amines) is 1. The lowest BCUT2D eigenvalue weighted by molar-refractivity contribution is -0.200. The first-order valence-electron chi connectivity index (χ1n) is 10.5. The smallest absolute Gasteiger partial charge is 0.237 e. The Labute approximate surface area is 178 Å². The number of hydrogen-bond acceptors (Lipinski definition) is 8. The first kappa shape index (κ1) is 24.6. The van der Waals surface area contributed by atoms with Crippen molar-refractivity contribution in [1.82, 2.24) is 10.2 Å². The third-order valence-corrected chi connectivity index (χ3v) is 6.81. The van der Waals surface area contributed by atoms with E-state index in [9.17, 15) is 20.1 Å². The fourth-order valence-corrected chi connectivity index (χ4v) is 5.07. The number of carbonyl (C=O) groups excluding carboxylic acids is 1. The molecule has 0 saturated carbocycles. The molecule has 1 amide bonds. The van der Waals surface area contributed by atoms with Crippen LogP contribution in [0.15, 0.2) is 4.99 Å². The van der Waals surface area contributed by atoms with Gasteiger partial charge in [-0.15, -0.1) is 11.8 Å². The van der Waals surface area contributed by atoms with Gasteiger partial charge in [-0.2, -0.15) is 0 Å². The summed E-state index contributed by atoms with van der Waals surface area (Å²) in [5.74, 6) is 0.373. The number of hydrogen-bond donors (Lipinski definition) is 4. The van der Waals surface area contributed by atoms with Crippen LogP contribution < -0.4 is 5.32 Å². The molecule has 1 unspecified atom stereocenters. The lowest BCUT2D eigenvalue weighted by Crippen LogP contribution is -2.65. The minimum absolute atomic E-state index is 0.126. The van der Waals surface area contributed by atoms with Crippen LogP contribution in [0.1, 0.15) is 40.0 Å². The average molecular weight is 432 g/mol. The molecule has 0 aromatic rings. The summed E-state index contributed by atoms with van der Waals surface area (Å²) in [4.78, 5) is 19.6. The number of nitrogens with zero attached hydrogens (tertiary/aromatic N) is 2. The number of carbonyl (C=O) groups is 1. The van der Waals surface area contributed by atoms with Crippen molar-refractivity contribution in [2.24, 2.45) is 10.9 Å². The molecular formula is C20H37N3O5S. The summed E-state index contributed by atoms with van der Waals surface area (Å²) in [5, 5.41) is 34.1. The average Bonchev–Trinajstić information content (AvgIpc) is 3.05. The first-order valence-corrected chi connectivity index (χ1v) is 11.8. The molecule has 29 heavy (non-hydrogen) atoms. The van der Waals surface area contributed by atoms with Crippen molar-refractivity contribution in [2.45, 2.75) is 82.0 Å². The highest BCUT2D eigenvalue weighted by atomic mass is 32.2. The SMILES string of the molecule is CCC[C@@H]1CC(C(=O)N[C@H](C(C)=NCC)[C@H]2O[C@H](SC)[C@H](O)[C@@H](O)[C@H]2O)N(C)C1. The highest BCUT2D eigenvalue weighted by Gasteiger charge is 2.48. The summed E-state index contributed by atoms with van der Waals surface area (Å²) in [6, 6.07) is -0.927. The summed E-state index contributed by atoms with van der Waals surface area (Å²) in [6.45, 7) is 7.25. The minimum Gasteiger partial charge on any atom is -0.387 e. The quantitative estimate of drug-likeness (QED) is 0.407. The van der Waals surface area contributed by atoms with E-state index in [2.05, 4.69) is 22.1 Å². The molecule has 8 atom stereocenters. The van der Waals surface area contributed by atoms with Crippen LogP contribution in [0.5, 0.6) is 0 Å². The molecule has 2 fully saturated rings. The zero-order valence-corrected chi connectivity index (χ0v) is 18.9. The van der Waals surface area contributed by atoms with E-state index >= 15 is 0 Å². The van der Waals surface area contributed by atoms with Gasteiger partial charge in [-0.3, -0.25) is 14.7 Å². The highest BCUT2D eigenvalue weighted by molar-refractivity contribution is 7.99. The van der Waals surface area contributed by atoms with E-state index in [0.717, 1.165) is 25.8 Å². The number of aliphatic hydroxyl groups is 3. The van der Waals surface area contributed by atoms with Gasteiger partial charge in [0.2, 0.25) is 5.91 Å². The number of aliphatic imine (C=N–C) groups is 1. The van der Waals surface area contributed by atoms with E-state index in [4.69, 9.17) is 4.74 Å². The van der Waals surface area contributed by atoms with E-state index in [1.165, 1.54) is 11.8 Å². The molecule has 8 nitrogen and oxygen atoms in total. The van der Waals surface area contributed by atoms with Crippen LogP contribution in [0.3, 0.4) is 0 Å². The van der Waals surface area contributed by atoms with E-state index < -0.39 is 35.9 Å². The second-order valence-corrected chi connectivity index (χ2v) is 9.06. The number of rotatable bonds is 8. The number of nitrogens with one attached hydrogen (secondary N) is 1. The molecular weight excluding hydrogens is 394 g/mol. The molecule has 0 bridgehead atoms. The largest absolute Gasteiger partial charge is 0.387 e. The molecule has 168 valence electrons. The van der Waals surface area contributed by atoms with Crippen LogP contribution in [-0.4, -0.2) is 100 Å². The van der Waals surface area contributed by atoms with Gasteiger partial charge in [0.1, 0.15) is 29.9 Å². The van der Waals surface area contributed by atoms with E-state index in [-0.39, 0.29) is 11.9 Å². The van der Waals surface area contributed by atoms with Gasteiger partial charge in [0.15, 0.2) is 0 Å². The van der Waals surface area contributed by atoms with Crippen LogP contribution in [0, 0.1) is 5.92 Å². The predicted octanol–water partition coefficient (Wildman–Crippen LogP) is 0.243. The molecule has 4 N–H and O–H groups in total. The summed E-state index contributed by atoms with van der Waals surface area (Å²) in [5.41, 5.74) is -0.0746. The second kappa shape index (κ2) is 11.1. The fraction of sp³-hybridized carbons (Fsp3) is 0.900. The van der Waals surface area contributed by atoms with Gasteiger partial charge in [0.05, 0.1) is 12.1 Å². The van der Waals surface area contributed by atoms with E-state index in [0.29, 0.717) is 18.2 Å². The van der Waals surface area contributed by atoms with Crippen molar-refractivity contribution in [1.29, 1.82) is 0 Å². The number of thioether (sulfide) groups is 1. The molecule has 2 saturated heterocycles. The third-order valence-electron chi connectivity index (χ3n) is 5.96. The monoisotopic (exact) mass is 431 g/mol. The Kier molecular flexibility index (Phi) is 9.37. The standard InChI is InChI=1S/C20H37N3O5S/c1-6-8-12-9-13(23(4)10-12)19(27)22-14(11(3)21-7-2)18-16(25)15(24)17(26)20(28-18)29-5/h12-18,20,24-26H,6-10H2,1-5H3,(H,22,27)/t12-,13?,14-,15+,16-,17-,18-,20-/m1/s1. The summed E-state index contributed by atoms with van der Waals surface area (Å²) in [7, 11) is 1.96. The maximum Gasteiger partial charge on any atom is 0.237 e. The minimum atomic E-state index is -1.36. The van der Waals surface area contributed by atoms with Crippen LogP contribution in [0.2, 0.25) is 0 Å². The van der Waals surface area contributed by atoms with Gasteiger partial charge in [0, 0.05) is 18.8 Å². The molecule has 0 radical (unpaired) electrons. The Balaban J connectivity index is 2.20. The maximum absolute atomic E-state index is 13.1. The van der Waals surface area contributed by atoms with Crippen molar-refractivity contribution in [3.63, 3.8) is 0 Å². The van der Waals surface area contributed by atoms with Crippen molar-refractivity contribution < 1.29 is 24.9 Å². The molecule has 2 aliphatic rings. The Hall–Kier alpha value is -0.710. The topological polar surface area (TPSA) is 115 Å². The molecule has 0 aromatic carbocycles. The molecule has 0 aromatic heterocycles. The van der Waals surface area contributed by atoms with Crippen LogP contribution >= 0.6 is 11.8 Å². The van der Waals surface area contributed by atoms with Crippen molar-refractivity contribution in [2.75, 3.05) is 26.4 Å². The third kappa shape index (κ3) is 5.71. The highest BCUT2D eigenvalue weighted by Crippen LogP contribution is 2.30. The lowest BCUT2D eigenvalue weighted by Gasteiger charge is -2.43. The zero-order valence-electron chi connectivity index (χ0n) is 18.1. The molecule has 2 rings (SSSR count). The first-order chi connectivity index (χ1) is 13.7. The summed E-state index contributed by atoms with van der Waals surface area (Å²) in [6.07, 6.45) is -0.0472. The predicted molar refractivity (Wildman–Crippen MR) is 115 cm³/mol. The maximum atomic E-state index is 13.1. The fourth-order valence-electron chi connectivity index (χ4n) is 4.39. The van der Waals surface area contributed by atoms with Gasteiger partial charge < -0.3 is 25.4 Å². The molecule has 9 heteroatoms. The van der Waals surface area contributed by atoms with Gasteiger partial charge >= 0.3 is 0 Å². The normalized spacial score (nSPS) is 37.5. The number of likely N-dealkylation sites (N-methyl/N-ethyl adjacent to an activating group) is 1. The van der Waals surface area contributed by atoms with Crippen LogP contribution in [-0.2, 0) is 9.53 Å². The van der Waals surface area contributed by atoms with E-state index in [1.54, 1.807) is 13.2 Å². The second-order valence-electron chi connectivity index (χ2n) is 8.12. The number of ether oxygens (including phenoxy) is 1. The summed E-state index contributed by atoms with van der Waals surface area (Å²) >= 11 is 1.25.